The number of likely N-dealkylation sites (tertiary alicyclic amines) is 1. The van der Waals surface area contributed by atoms with E-state index in [9.17, 15) is 39.6 Å². The third-order valence-electron chi connectivity index (χ3n) is 8.38. The largest absolute Gasteiger partial charge is 0.388 e. The van der Waals surface area contributed by atoms with E-state index < -0.39 is 60.8 Å². The number of aliphatic hydroxyl groups excluding tert-OH is 4. The molecule has 0 unspecified atom stereocenters. The van der Waals surface area contributed by atoms with E-state index in [0.29, 0.717) is 38.8 Å². The highest BCUT2D eigenvalue weighted by molar-refractivity contribution is 5.89. The highest BCUT2D eigenvalue weighted by Crippen LogP contribution is 2.26. The SMILES string of the molecule is CNC(=O)CCCCC(=O)N1CC[C@@H](C(=O)NCCO[C@@H]2OCCC[C@@H]2O)[C@@H](C(=O)NCCO[C@@H]2O[C@@H](C)[C@@H](O)[C@@H](O)[C@@H]2O)C1. The third-order valence-corrected chi connectivity index (χ3v) is 8.38. The second kappa shape index (κ2) is 18.6. The van der Waals surface area contributed by atoms with Crippen molar-refractivity contribution in [1.29, 1.82) is 0 Å². The van der Waals surface area contributed by atoms with E-state index in [4.69, 9.17) is 18.9 Å². The Morgan fingerprint density at radius 3 is 2.16 bits per heavy atom. The van der Waals surface area contributed by atoms with E-state index in [1.54, 1.807) is 11.9 Å². The van der Waals surface area contributed by atoms with Crippen molar-refractivity contribution in [1.82, 2.24) is 20.9 Å². The normalized spacial score (nSPS) is 32.0. The number of ether oxygens (including phenoxy) is 4. The second-order valence-electron chi connectivity index (χ2n) is 11.7. The summed E-state index contributed by atoms with van der Waals surface area (Å²) in [6.07, 6.45) is -4.50. The molecule has 3 aliphatic heterocycles. The van der Waals surface area contributed by atoms with Gasteiger partial charge in [0.1, 0.15) is 24.4 Å². The van der Waals surface area contributed by atoms with Crippen molar-refractivity contribution in [3.63, 3.8) is 0 Å². The predicted octanol–water partition coefficient (Wildman–Crippen LogP) is -2.65. The van der Waals surface area contributed by atoms with Crippen molar-refractivity contribution in [2.45, 2.75) is 95.0 Å². The molecule has 0 bridgehead atoms. The molecular formula is C29H50N4O12. The van der Waals surface area contributed by atoms with Gasteiger partial charge in [0.25, 0.3) is 0 Å². The number of amides is 4. The number of nitrogens with one attached hydrogen (secondary N) is 3. The van der Waals surface area contributed by atoms with Gasteiger partial charge in [-0.05, 0) is 39.0 Å². The number of rotatable bonds is 15. The van der Waals surface area contributed by atoms with Crippen LogP contribution >= 0.6 is 0 Å². The van der Waals surface area contributed by atoms with Gasteiger partial charge in [-0.3, -0.25) is 19.2 Å². The topological polar surface area (TPSA) is 225 Å². The Morgan fingerprint density at radius 2 is 1.49 bits per heavy atom. The lowest BCUT2D eigenvalue weighted by Crippen LogP contribution is -2.57. The molecule has 3 heterocycles. The van der Waals surface area contributed by atoms with Crippen LogP contribution in [-0.2, 0) is 38.1 Å². The first-order chi connectivity index (χ1) is 21.5. The molecule has 0 saturated carbocycles. The van der Waals surface area contributed by atoms with Crippen molar-refractivity contribution in [2.24, 2.45) is 11.8 Å². The number of carbonyl (C=O) groups excluding carboxylic acids is 4. The number of nitrogens with zero attached hydrogens (tertiary/aromatic N) is 1. The van der Waals surface area contributed by atoms with Crippen LogP contribution in [0.15, 0.2) is 0 Å². The number of hydrogen-bond acceptors (Lipinski definition) is 12. The molecule has 0 aromatic carbocycles. The molecular weight excluding hydrogens is 596 g/mol. The molecule has 16 heteroatoms. The summed E-state index contributed by atoms with van der Waals surface area (Å²) in [4.78, 5) is 52.5. The molecule has 4 amide bonds. The van der Waals surface area contributed by atoms with Crippen LogP contribution in [0.3, 0.4) is 0 Å². The Balaban J connectivity index is 1.52. The van der Waals surface area contributed by atoms with Gasteiger partial charge in [-0.1, -0.05) is 0 Å². The number of hydrogen-bond donors (Lipinski definition) is 7. The van der Waals surface area contributed by atoms with Crippen LogP contribution in [0, 0.1) is 11.8 Å². The van der Waals surface area contributed by atoms with Gasteiger partial charge in [0.2, 0.25) is 23.6 Å². The molecule has 3 aliphatic rings. The summed E-state index contributed by atoms with van der Waals surface area (Å²) in [5.74, 6) is -2.66. The third kappa shape index (κ3) is 11.1. The maximum Gasteiger partial charge on any atom is 0.225 e. The van der Waals surface area contributed by atoms with E-state index >= 15 is 0 Å². The molecule has 45 heavy (non-hydrogen) atoms. The molecule has 0 spiro atoms. The van der Waals surface area contributed by atoms with Crippen LogP contribution < -0.4 is 16.0 Å². The zero-order valence-corrected chi connectivity index (χ0v) is 26.1. The Labute approximate surface area is 263 Å². The molecule has 258 valence electrons. The summed E-state index contributed by atoms with van der Waals surface area (Å²) < 4.78 is 21.8. The van der Waals surface area contributed by atoms with Gasteiger partial charge in [0.05, 0.1) is 31.2 Å². The molecule has 0 aromatic rings. The Bertz CT molecular complexity index is 974. The van der Waals surface area contributed by atoms with Crippen LogP contribution in [0.4, 0.5) is 0 Å². The molecule has 3 fully saturated rings. The summed E-state index contributed by atoms with van der Waals surface area (Å²) in [5.41, 5.74) is 0. The molecule has 0 aromatic heterocycles. The van der Waals surface area contributed by atoms with Crippen LogP contribution in [0.2, 0.25) is 0 Å². The van der Waals surface area contributed by atoms with Crippen molar-refractivity contribution in [3.05, 3.63) is 0 Å². The average Bonchev–Trinajstić information content (AvgIpc) is 3.04. The quantitative estimate of drug-likeness (QED) is 0.0906. The van der Waals surface area contributed by atoms with Gasteiger partial charge in [-0.2, -0.15) is 0 Å². The van der Waals surface area contributed by atoms with E-state index in [1.165, 1.54) is 6.92 Å². The molecule has 0 aliphatic carbocycles. The van der Waals surface area contributed by atoms with Crippen LogP contribution in [0.5, 0.6) is 0 Å². The summed E-state index contributed by atoms with van der Waals surface area (Å²) >= 11 is 0. The minimum atomic E-state index is -1.48. The Morgan fingerprint density at radius 1 is 0.844 bits per heavy atom. The smallest absolute Gasteiger partial charge is 0.225 e. The number of aliphatic hydroxyl groups is 4. The first-order valence-corrected chi connectivity index (χ1v) is 15.8. The lowest BCUT2D eigenvalue weighted by molar-refractivity contribution is -0.292. The summed E-state index contributed by atoms with van der Waals surface area (Å²) in [6, 6.07) is 0. The van der Waals surface area contributed by atoms with E-state index in [1.807, 2.05) is 0 Å². The molecule has 0 radical (unpaired) electrons. The second-order valence-corrected chi connectivity index (χ2v) is 11.7. The predicted molar refractivity (Wildman–Crippen MR) is 156 cm³/mol. The van der Waals surface area contributed by atoms with Crippen molar-refractivity contribution >= 4 is 23.6 Å². The van der Waals surface area contributed by atoms with Gasteiger partial charge >= 0.3 is 0 Å². The summed E-state index contributed by atoms with van der Waals surface area (Å²) in [7, 11) is 1.55. The van der Waals surface area contributed by atoms with E-state index in [2.05, 4.69) is 16.0 Å². The first-order valence-electron chi connectivity index (χ1n) is 15.8. The zero-order chi connectivity index (χ0) is 32.9. The number of unbranched alkanes of at least 4 members (excludes halogenated alkanes) is 1. The van der Waals surface area contributed by atoms with Crippen LogP contribution in [0.1, 0.15) is 51.9 Å². The van der Waals surface area contributed by atoms with Crippen molar-refractivity contribution < 1.29 is 58.6 Å². The standard InChI is InChI=1S/C29H50N4O12/c1-17-23(37)24(38)25(39)29(45-17)44-15-11-32-27(41)19-16-33(22(36)8-4-3-7-21(35)30-2)12-9-18(19)26(40)31-10-14-43-28-20(34)6-5-13-42-28/h17-20,23-25,28-29,34,37-39H,3-16H2,1-2H3,(H,30,35)(H,31,40)(H,32,41)/t17-,18+,19-,20-,23+,24+,25-,28-,29+/m0/s1. The fourth-order valence-electron chi connectivity index (χ4n) is 5.61. The highest BCUT2D eigenvalue weighted by atomic mass is 16.7. The minimum absolute atomic E-state index is 0.00568. The molecule has 3 rings (SSSR count). The fraction of sp³-hybridized carbons (Fsp3) is 0.862. The van der Waals surface area contributed by atoms with Gasteiger partial charge < -0.3 is 60.2 Å². The molecule has 7 N–H and O–H groups in total. The van der Waals surface area contributed by atoms with Crippen LogP contribution in [-0.4, -0.2) is 145 Å². The average molecular weight is 647 g/mol. The van der Waals surface area contributed by atoms with Gasteiger partial charge in [-0.25, -0.2) is 0 Å². The minimum Gasteiger partial charge on any atom is -0.388 e. The van der Waals surface area contributed by atoms with Gasteiger partial charge in [0, 0.05) is 52.7 Å². The monoisotopic (exact) mass is 646 g/mol. The lowest BCUT2D eigenvalue weighted by atomic mass is 9.83. The highest BCUT2D eigenvalue weighted by Gasteiger charge is 2.43. The zero-order valence-electron chi connectivity index (χ0n) is 26.1. The Hall–Kier alpha value is -2.44. The molecule has 3 saturated heterocycles. The van der Waals surface area contributed by atoms with Crippen molar-refractivity contribution in [3.8, 4) is 0 Å². The van der Waals surface area contributed by atoms with Gasteiger partial charge in [-0.15, -0.1) is 0 Å². The van der Waals surface area contributed by atoms with Crippen LogP contribution in [0.25, 0.3) is 0 Å². The number of carbonyl (C=O) groups is 4. The molecule has 16 nitrogen and oxygen atoms in total. The summed E-state index contributed by atoms with van der Waals surface area (Å²) in [6.45, 7) is 2.49. The summed E-state index contributed by atoms with van der Waals surface area (Å²) in [5, 5.41) is 48.0. The Kier molecular flexibility index (Phi) is 15.3. The van der Waals surface area contributed by atoms with E-state index in [-0.39, 0.29) is 63.4 Å². The fourth-order valence-corrected chi connectivity index (χ4v) is 5.61. The van der Waals surface area contributed by atoms with Gasteiger partial charge in [0.15, 0.2) is 12.6 Å². The number of piperidine rings is 1. The lowest BCUT2D eigenvalue weighted by Gasteiger charge is -2.39. The maximum absolute atomic E-state index is 13.3. The maximum atomic E-state index is 13.3. The van der Waals surface area contributed by atoms with E-state index in [0.717, 1.165) is 6.42 Å². The molecule has 9 atom stereocenters. The van der Waals surface area contributed by atoms with Crippen molar-refractivity contribution in [2.75, 3.05) is 53.0 Å². The first kappa shape index (κ1) is 37.0.